The monoisotopic (exact) mass is 287 g/mol. The molecule has 2 rings (SSSR count). The highest BCUT2D eigenvalue weighted by Gasteiger charge is 2.17. The molecule has 2 aromatic heterocycles. The van der Waals surface area contributed by atoms with Crippen LogP contribution in [0.3, 0.4) is 0 Å². The van der Waals surface area contributed by atoms with Gasteiger partial charge in [-0.2, -0.15) is 10.2 Å². The molecule has 0 aliphatic rings. The maximum Gasteiger partial charge on any atom is 0.312 e. The Morgan fingerprint density at radius 2 is 2.14 bits per heavy atom. The van der Waals surface area contributed by atoms with Crippen LogP contribution in [0.15, 0.2) is 36.8 Å². The molecule has 0 aliphatic heterocycles. The zero-order valence-corrected chi connectivity index (χ0v) is 12.5. The van der Waals surface area contributed by atoms with E-state index in [0.717, 1.165) is 11.3 Å². The smallest absolute Gasteiger partial charge is 0.312 e. The minimum absolute atomic E-state index is 0.227. The molecule has 2 heterocycles. The van der Waals surface area contributed by atoms with Crippen molar-refractivity contribution in [2.45, 2.75) is 39.3 Å². The predicted molar refractivity (Wildman–Crippen MR) is 75.9 cm³/mol. The second-order valence-electron chi connectivity index (χ2n) is 5.62. The molecule has 110 valence electrons. The van der Waals surface area contributed by atoms with Crippen molar-refractivity contribution in [3.63, 3.8) is 0 Å². The average Bonchev–Trinajstić information content (AvgIpc) is 2.45. The van der Waals surface area contributed by atoms with E-state index in [9.17, 15) is 4.79 Å². The molecule has 0 aromatic carbocycles. The molecule has 0 aliphatic carbocycles. The topological polar surface area (TPSA) is 68.8 Å². The fraction of sp³-hybridized carbons (Fsp3) is 0.400. The molecule has 6 nitrogen and oxygen atoms in total. The van der Waals surface area contributed by atoms with E-state index >= 15 is 0 Å². The number of aryl methyl sites for hydroxylation is 1. The van der Waals surface area contributed by atoms with E-state index in [2.05, 4.69) is 15.3 Å². The zero-order chi connectivity index (χ0) is 15.3. The number of esters is 1. The molecule has 0 bridgehead atoms. The third-order valence-electron chi connectivity index (χ3n) is 2.60. The van der Waals surface area contributed by atoms with Crippen molar-refractivity contribution in [1.82, 2.24) is 15.3 Å². The van der Waals surface area contributed by atoms with Crippen LogP contribution in [0.25, 0.3) is 11.3 Å². The van der Waals surface area contributed by atoms with Gasteiger partial charge in [-0.15, -0.1) is 0 Å². The molecule has 2 aromatic rings. The standard InChI is InChI=1S/C15H19N4O2/c1-15(2,3)21-14(20)7-10-19-9-6-12(11-17-19)13-5-4-8-16-18-13/h4-6,8-9,11H,7,10H2,1-3H3/q+1. The Balaban J connectivity index is 1.93. The number of carbonyl (C=O) groups excluding carboxylic acids is 1. The first-order valence-electron chi connectivity index (χ1n) is 6.80. The van der Waals surface area contributed by atoms with Gasteiger partial charge in [-0.3, -0.25) is 4.79 Å². The lowest BCUT2D eigenvalue weighted by atomic mass is 10.2. The van der Waals surface area contributed by atoms with Gasteiger partial charge in [0, 0.05) is 17.8 Å². The van der Waals surface area contributed by atoms with Crippen molar-refractivity contribution in [3.05, 3.63) is 36.8 Å². The van der Waals surface area contributed by atoms with Crippen molar-refractivity contribution < 1.29 is 14.2 Å². The molecule has 0 amide bonds. The Labute approximate surface area is 123 Å². The third-order valence-corrected chi connectivity index (χ3v) is 2.60. The lowest BCUT2D eigenvalue weighted by Crippen LogP contribution is -2.39. The summed E-state index contributed by atoms with van der Waals surface area (Å²) >= 11 is 0. The van der Waals surface area contributed by atoms with Gasteiger partial charge in [-0.1, -0.05) is 4.68 Å². The number of carbonyl (C=O) groups is 1. The molecule has 0 radical (unpaired) electrons. The SMILES string of the molecule is CC(C)(C)OC(=O)CC[n+]1ccc(-c2cccnn2)cn1. The molecule has 0 N–H and O–H groups in total. The number of rotatable bonds is 4. The quantitative estimate of drug-likeness (QED) is 0.630. The van der Waals surface area contributed by atoms with Gasteiger partial charge >= 0.3 is 5.97 Å². The lowest BCUT2D eigenvalue weighted by molar-refractivity contribution is -0.752. The van der Waals surface area contributed by atoms with Crippen LogP contribution < -0.4 is 4.68 Å². The molecule has 0 saturated carbocycles. The van der Waals surface area contributed by atoms with Gasteiger partial charge in [0.05, 0.1) is 5.69 Å². The van der Waals surface area contributed by atoms with Crippen LogP contribution in [-0.2, 0) is 16.1 Å². The highest BCUT2D eigenvalue weighted by molar-refractivity contribution is 5.69. The van der Waals surface area contributed by atoms with Gasteiger partial charge in [0.15, 0.2) is 12.7 Å². The molecule has 0 spiro atoms. The van der Waals surface area contributed by atoms with E-state index in [-0.39, 0.29) is 5.97 Å². The summed E-state index contributed by atoms with van der Waals surface area (Å²) in [7, 11) is 0. The Kier molecular flexibility index (Phi) is 4.57. The molecular weight excluding hydrogens is 268 g/mol. The lowest BCUT2D eigenvalue weighted by Gasteiger charge is -2.18. The molecule has 0 atom stereocenters. The van der Waals surface area contributed by atoms with Crippen LogP contribution in [-0.4, -0.2) is 26.9 Å². The van der Waals surface area contributed by atoms with Gasteiger partial charge in [-0.25, -0.2) is 0 Å². The summed E-state index contributed by atoms with van der Waals surface area (Å²) in [6.45, 7) is 6.04. The molecule has 0 fully saturated rings. The van der Waals surface area contributed by atoms with Crippen LogP contribution in [0, 0.1) is 0 Å². The normalized spacial score (nSPS) is 11.2. The van der Waals surface area contributed by atoms with Crippen LogP contribution in [0.1, 0.15) is 27.2 Å². The maximum absolute atomic E-state index is 11.6. The van der Waals surface area contributed by atoms with E-state index in [4.69, 9.17) is 4.74 Å². The molecule has 6 heteroatoms. The minimum atomic E-state index is -0.453. The van der Waals surface area contributed by atoms with E-state index in [0.29, 0.717) is 13.0 Å². The van der Waals surface area contributed by atoms with Crippen molar-refractivity contribution >= 4 is 5.97 Å². The van der Waals surface area contributed by atoms with E-state index in [1.807, 2.05) is 45.2 Å². The Morgan fingerprint density at radius 1 is 1.33 bits per heavy atom. The summed E-state index contributed by atoms with van der Waals surface area (Å²) in [5.41, 5.74) is 1.20. The summed E-state index contributed by atoms with van der Waals surface area (Å²) < 4.78 is 6.95. The summed E-state index contributed by atoms with van der Waals surface area (Å²) in [4.78, 5) is 11.6. The molecular formula is C15H19N4O2+. The third kappa shape index (κ3) is 4.91. The first kappa shape index (κ1) is 15.0. The van der Waals surface area contributed by atoms with E-state index in [1.165, 1.54) is 0 Å². The van der Waals surface area contributed by atoms with Crippen molar-refractivity contribution in [3.8, 4) is 11.3 Å². The van der Waals surface area contributed by atoms with Crippen LogP contribution in [0.2, 0.25) is 0 Å². The van der Waals surface area contributed by atoms with Gasteiger partial charge in [0.1, 0.15) is 18.2 Å². The first-order valence-corrected chi connectivity index (χ1v) is 6.80. The second-order valence-corrected chi connectivity index (χ2v) is 5.62. The fourth-order valence-electron chi connectivity index (χ4n) is 1.72. The summed E-state index contributed by atoms with van der Waals surface area (Å²) in [5, 5.41) is 12.1. The van der Waals surface area contributed by atoms with Crippen LogP contribution >= 0.6 is 0 Å². The minimum Gasteiger partial charge on any atom is -0.460 e. The Morgan fingerprint density at radius 3 is 2.71 bits per heavy atom. The van der Waals surface area contributed by atoms with Crippen molar-refractivity contribution in [2.75, 3.05) is 0 Å². The second kappa shape index (κ2) is 6.39. The average molecular weight is 287 g/mol. The van der Waals surface area contributed by atoms with Gasteiger partial charge in [0.2, 0.25) is 0 Å². The summed E-state index contributed by atoms with van der Waals surface area (Å²) in [5.74, 6) is -0.227. The zero-order valence-electron chi connectivity index (χ0n) is 12.5. The highest BCUT2D eigenvalue weighted by atomic mass is 16.6. The number of aromatic nitrogens is 4. The highest BCUT2D eigenvalue weighted by Crippen LogP contribution is 2.11. The largest absolute Gasteiger partial charge is 0.460 e. The Bertz CT molecular complexity index is 591. The maximum atomic E-state index is 11.6. The van der Waals surface area contributed by atoms with Crippen molar-refractivity contribution in [1.29, 1.82) is 0 Å². The summed E-state index contributed by atoms with van der Waals surface area (Å²) in [6, 6.07) is 5.59. The molecule has 0 unspecified atom stereocenters. The molecule has 0 saturated heterocycles. The summed E-state index contributed by atoms with van der Waals surface area (Å²) in [6.07, 6.45) is 5.44. The van der Waals surface area contributed by atoms with Crippen molar-refractivity contribution in [2.24, 2.45) is 0 Å². The number of ether oxygens (including phenoxy) is 1. The molecule has 21 heavy (non-hydrogen) atoms. The number of hydrogen-bond donors (Lipinski definition) is 0. The van der Waals surface area contributed by atoms with Gasteiger partial charge in [-0.05, 0) is 38.0 Å². The van der Waals surface area contributed by atoms with E-state index in [1.54, 1.807) is 17.1 Å². The predicted octanol–water partition coefficient (Wildman–Crippen LogP) is 1.56. The fourth-order valence-corrected chi connectivity index (χ4v) is 1.72. The van der Waals surface area contributed by atoms with Gasteiger partial charge in [0.25, 0.3) is 0 Å². The van der Waals surface area contributed by atoms with Gasteiger partial charge < -0.3 is 4.74 Å². The number of hydrogen-bond acceptors (Lipinski definition) is 5. The van der Waals surface area contributed by atoms with Crippen LogP contribution in [0.4, 0.5) is 0 Å². The Hall–Kier alpha value is -2.37. The number of nitrogens with zero attached hydrogens (tertiary/aromatic N) is 4. The van der Waals surface area contributed by atoms with Crippen LogP contribution in [0.5, 0.6) is 0 Å². The first-order chi connectivity index (χ1) is 9.94. The van der Waals surface area contributed by atoms with E-state index < -0.39 is 5.60 Å².